The third-order valence-corrected chi connectivity index (χ3v) is 13.5. The molecule has 2 aromatic carbocycles. The first-order valence-corrected chi connectivity index (χ1v) is 21.0. The van der Waals surface area contributed by atoms with Crippen LogP contribution in [0.4, 0.5) is 0 Å². The summed E-state index contributed by atoms with van der Waals surface area (Å²) in [6.07, 6.45) is 20.8. The van der Waals surface area contributed by atoms with Gasteiger partial charge in [0.2, 0.25) is 6.33 Å². The summed E-state index contributed by atoms with van der Waals surface area (Å²) in [5.41, 5.74) is 14.0. The molecule has 9 nitrogen and oxygen atoms in total. The maximum Gasteiger partial charge on any atom is 0.204 e. The number of rotatable bonds is 6. The van der Waals surface area contributed by atoms with Gasteiger partial charge in [0.05, 0.1) is 57.7 Å². The van der Waals surface area contributed by atoms with E-state index in [-0.39, 0.29) is 0 Å². The van der Waals surface area contributed by atoms with Crippen LogP contribution >= 0.6 is 0 Å². The van der Waals surface area contributed by atoms with Gasteiger partial charge in [0.15, 0.2) is 5.54 Å². The Balaban J connectivity index is 1.13. The number of hydrogen-bond acceptors (Lipinski definition) is 7. The molecule has 0 bridgehead atoms. The van der Waals surface area contributed by atoms with Crippen LogP contribution in [-0.2, 0) is 23.4 Å². The predicted octanol–water partition coefficient (Wildman–Crippen LogP) is 8.42. The van der Waals surface area contributed by atoms with Gasteiger partial charge in [0.25, 0.3) is 0 Å². The second-order valence-electron chi connectivity index (χ2n) is 16.4. The topological polar surface area (TPSA) is 99.0 Å². The van der Waals surface area contributed by atoms with Crippen LogP contribution in [0.5, 0.6) is 0 Å². The van der Waals surface area contributed by atoms with Crippen LogP contribution in [0.3, 0.4) is 0 Å². The standard InChI is InChI=1S/C54H35N9/c1-62-30-31-63(34-62)54(43-20-10-28-60-50(43)51-44(54)21-11-29-61-51)38-15-5-13-36(33-38)52(39-16-6-24-56-46(39)47-40(52)17-7-25-57-47)35-12-4-14-37(32-35)53(45-22-2-3-23-55-45)41-18-8-26-58-48(41)49-42(53)19-9-27-59-49/h2-33H,1H3. The summed E-state index contributed by atoms with van der Waals surface area (Å²) < 4.78 is 4.15. The molecule has 10 aromatic rings. The van der Waals surface area contributed by atoms with Crippen LogP contribution in [0.15, 0.2) is 195 Å². The fourth-order valence-electron chi connectivity index (χ4n) is 11.2. The molecule has 8 aromatic heterocycles. The summed E-state index contributed by atoms with van der Waals surface area (Å²) in [5.74, 6) is 0. The first-order valence-electron chi connectivity index (χ1n) is 21.0. The molecule has 3 aliphatic rings. The number of aryl methyl sites for hydroxylation is 1. The third kappa shape index (κ3) is 4.49. The molecular weight excluding hydrogens is 775 g/mol. The lowest BCUT2D eigenvalue weighted by molar-refractivity contribution is -0.675. The highest BCUT2D eigenvalue weighted by atomic mass is 15.2. The molecule has 0 amide bonds. The number of hydrogen-bond donors (Lipinski definition) is 0. The minimum Gasteiger partial charge on any atom is -0.354 e. The monoisotopic (exact) mass is 809 g/mol. The van der Waals surface area contributed by atoms with Crippen molar-refractivity contribution < 1.29 is 4.57 Å². The Morgan fingerprint density at radius 3 is 1.24 bits per heavy atom. The summed E-state index contributed by atoms with van der Waals surface area (Å²) in [5, 5.41) is 0. The number of imidazole rings is 1. The smallest absolute Gasteiger partial charge is 0.204 e. The molecule has 296 valence electrons. The van der Waals surface area contributed by atoms with E-state index in [0.717, 1.165) is 95.5 Å². The van der Waals surface area contributed by atoms with Crippen molar-refractivity contribution in [3.8, 4) is 34.2 Å². The lowest BCUT2D eigenvalue weighted by Crippen LogP contribution is -2.38. The average molecular weight is 810 g/mol. The quantitative estimate of drug-likeness (QED) is 0.123. The summed E-state index contributed by atoms with van der Waals surface area (Å²) >= 11 is 0. The van der Waals surface area contributed by atoms with E-state index in [1.807, 2.05) is 104 Å². The van der Waals surface area contributed by atoms with Crippen molar-refractivity contribution in [1.29, 1.82) is 0 Å². The van der Waals surface area contributed by atoms with Crippen LogP contribution in [0.1, 0.15) is 61.3 Å². The van der Waals surface area contributed by atoms with Crippen LogP contribution in [0.2, 0.25) is 0 Å². The van der Waals surface area contributed by atoms with Gasteiger partial charge in [-0.25, -0.2) is 0 Å². The molecule has 63 heavy (non-hydrogen) atoms. The molecule has 0 fully saturated rings. The fraction of sp³-hybridized carbons (Fsp3) is 0.0741. The Morgan fingerprint density at radius 1 is 0.397 bits per heavy atom. The number of nitrogens with zero attached hydrogens (tertiary/aromatic N) is 9. The minimum atomic E-state index is -0.862. The lowest BCUT2D eigenvalue weighted by atomic mass is 9.64. The Hall–Kier alpha value is -8.30. The summed E-state index contributed by atoms with van der Waals surface area (Å²) in [7, 11) is 2.00. The van der Waals surface area contributed by atoms with E-state index in [4.69, 9.17) is 34.9 Å². The molecule has 8 heterocycles. The van der Waals surface area contributed by atoms with Crippen LogP contribution in [0.25, 0.3) is 34.2 Å². The molecule has 0 radical (unpaired) electrons. The van der Waals surface area contributed by atoms with E-state index in [1.165, 1.54) is 0 Å². The Kier molecular flexibility index (Phi) is 7.37. The predicted molar refractivity (Wildman–Crippen MR) is 237 cm³/mol. The summed E-state index contributed by atoms with van der Waals surface area (Å²) in [6, 6.07) is 49.6. The molecule has 9 heteroatoms. The van der Waals surface area contributed by atoms with Crippen molar-refractivity contribution >= 4 is 0 Å². The third-order valence-electron chi connectivity index (χ3n) is 13.5. The van der Waals surface area contributed by atoms with Gasteiger partial charge in [-0.15, -0.1) is 0 Å². The first kappa shape index (κ1) is 35.5. The number of aromatic nitrogens is 9. The molecule has 0 spiro atoms. The maximum absolute atomic E-state index is 5.12. The largest absolute Gasteiger partial charge is 0.354 e. The SMILES string of the molecule is C[n+]1[c-]n(C2(c3cccc(C4(c5cccc(C6(c7ccccn7)c7cccnc7-c7ncccc76)c5)c5cccnc5-c5ncccc54)c3)c3cccnc3-c3ncccc32)cc1. The van der Waals surface area contributed by atoms with Gasteiger partial charge >= 0.3 is 0 Å². The van der Waals surface area contributed by atoms with Crippen molar-refractivity contribution in [2.24, 2.45) is 7.05 Å². The number of fused-ring (bicyclic) bond motifs is 9. The summed E-state index contributed by atoms with van der Waals surface area (Å²) in [4.78, 5) is 35.1. The zero-order valence-corrected chi connectivity index (χ0v) is 34.0. The van der Waals surface area contributed by atoms with Crippen LogP contribution < -0.4 is 4.57 Å². The highest BCUT2D eigenvalue weighted by molar-refractivity contribution is 5.85. The second-order valence-corrected chi connectivity index (χ2v) is 16.4. The average Bonchev–Trinajstić information content (AvgIpc) is 4.09. The number of benzene rings is 2. The highest BCUT2D eigenvalue weighted by Crippen LogP contribution is 2.59. The van der Waals surface area contributed by atoms with Gasteiger partial charge in [0.1, 0.15) is 0 Å². The molecular formula is C54H35N9. The Bertz CT molecular complexity index is 3330. The number of pyridine rings is 7. The second kappa shape index (κ2) is 13.1. The Labute approximate surface area is 363 Å². The van der Waals surface area contributed by atoms with Crippen molar-refractivity contribution in [1.82, 2.24) is 39.5 Å². The van der Waals surface area contributed by atoms with E-state index >= 15 is 0 Å². The molecule has 0 saturated heterocycles. The van der Waals surface area contributed by atoms with Crippen molar-refractivity contribution in [3.63, 3.8) is 0 Å². The van der Waals surface area contributed by atoms with Gasteiger partial charge in [-0.1, -0.05) is 84.9 Å². The highest BCUT2D eigenvalue weighted by Gasteiger charge is 2.54. The van der Waals surface area contributed by atoms with Gasteiger partial charge in [-0.05, 0) is 94.8 Å². The van der Waals surface area contributed by atoms with Gasteiger partial charge in [0, 0.05) is 71.2 Å². The van der Waals surface area contributed by atoms with Gasteiger partial charge in [-0.3, -0.25) is 34.9 Å². The van der Waals surface area contributed by atoms with Crippen molar-refractivity contribution in [3.05, 3.63) is 263 Å². The van der Waals surface area contributed by atoms with Crippen LogP contribution in [0, 0.1) is 6.33 Å². The minimum absolute atomic E-state index is 0.817. The lowest BCUT2D eigenvalue weighted by Gasteiger charge is -2.37. The van der Waals surface area contributed by atoms with E-state index in [9.17, 15) is 0 Å². The Morgan fingerprint density at radius 2 is 0.794 bits per heavy atom. The van der Waals surface area contributed by atoms with Gasteiger partial charge < -0.3 is 9.13 Å². The van der Waals surface area contributed by atoms with E-state index in [1.54, 1.807) is 0 Å². The maximum atomic E-state index is 5.12. The molecule has 0 unspecified atom stereocenters. The fourth-order valence-corrected chi connectivity index (χ4v) is 11.2. The van der Waals surface area contributed by atoms with Crippen LogP contribution in [-0.4, -0.2) is 39.5 Å². The van der Waals surface area contributed by atoms with E-state index < -0.39 is 16.4 Å². The summed E-state index contributed by atoms with van der Waals surface area (Å²) in [6.45, 7) is 0. The normalized spacial score (nSPS) is 15.1. The molecule has 0 atom stereocenters. The molecule has 13 rings (SSSR count). The molecule has 0 saturated carbocycles. The van der Waals surface area contributed by atoms with Crippen molar-refractivity contribution in [2.45, 2.75) is 16.4 Å². The zero-order valence-electron chi connectivity index (χ0n) is 34.0. The van der Waals surface area contributed by atoms with Gasteiger partial charge in [-0.2, -0.15) is 0 Å². The zero-order chi connectivity index (χ0) is 41.8. The molecule has 0 aliphatic heterocycles. The van der Waals surface area contributed by atoms with E-state index in [2.05, 4.69) is 114 Å². The van der Waals surface area contributed by atoms with E-state index in [0.29, 0.717) is 0 Å². The van der Waals surface area contributed by atoms with Crippen molar-refractivity contribution in [2.75, 3.05) is 0 Å². The molecule has 3 aliphatic carbocycles. The first-order chi connectivity index (χ1) is 31.2. The molecule has 0 N–H and O–H groups in total.